The first-order valence-electron chi connectivity index (χ1n) is 3.89. The number of halogens is 3. The third kappa shape index (κ3) is 2.45. The van der Waals surface area contributed by atoms with Gasteiger partial charge in [-0.2, -0.15) is 13.2 Å². The highest BCUT2D eigenvalue weighted by atomic mass is 19.4. The van der Waals surface area contributed by atoms with E-state index >= 15 is 0 Å². The summed E-state index contributed by atoms with van der Waals surface area (Å²) in [6, 6.07) is 5.17. The summed E-state index contributed by atoms with van der Waals surface area (Å²) in [4.78, 5) is 1.01. The molecule has 13 heavy (non-hydrogen) atoms. The van der Waals surface area contributed by atoms with Crippen LogP contribution in [-0.4, -0.2) is 14.1 Å². The SMILES string of the molecule is C[NH+](C)c1ccc(C(F)(F)F)cc1. The minimum absolute atomic E-state index is 0.600. The minimum Gasteiger partial charge on any atom is -0.307 e. The van der Waals surface area contributed by atoms with Crippen LogP contribution in [0.4, 0.5) is 18.9 Å². The summed E-state index contributed by atoms with van der Waals surface area (Å²) < 4.78 is 36.3. The van der Waals surface area contributed by atoms with Gasteiger partial charge in [-0.15, -0.1) is 0 Å². The Labute approximate surface area is 74.8 Å². The van der Waals surface area contributed by atoms with Crippen LogP contribution in [0.25, 0.3) is 0 Å². The number of alkyl halides is 3. The average molecular weight is 190 g/mol. The molecule has 0 unspecified atom stereocenters. The number of hydrogen-bond donors (Lipinski definition) is 1. The van der Waals surface area contributed by atoms with E-state index in [4.69, 9.17) is 0 Å². The van der Waals surface area contributed by atoms with E-state index in [9.17, 15) is 13.2 Å². The smallest absolute Gasteiger partial charge is 0.307 e. The van der Waals surface area contributed by atoms with Crippen LogP contribution in [0.3, 0.4) is 0 Å². The molecule has 4 heteroatoms. The molecule has 0 heterocycles. The predicted molar refractivity (Wildman–Crippen MR) is 43.9 cm³/mol. The molecule has 0 amide bonds. The van der Waals surface area contributed by atoms with Crippen molar-refractivity contribution in [2.75, 3.05) is 14.1 Å². The highest BCUT2D eigenvalue weighted by Crippen LogP contribution is 2.29. The summed E-state index contributed by atoms with van der Waals surface area (Å²) in [5, 5.41) is 0. The van der Waals surface area contributed by atoms with Crippen molar-refractivity contribution in [1.82, 2.24) is 0 Å². The Bertz CT molecular complexity index is 274. The van der Waals surface area contributed by atoms with Gasteiger partial charge in [-0.3, -0.25) is 0 Å². The quantitative estimate of drug-likeness (QED) is 0.684. The maximum Gasteiger partial charge on any atom is 0.416 e. The summed E-state index contributed by atoms with van der Waals surface area (Å²) in [6.45, 7) is 0. The van der Waals surface area contributed by atoms with Gasteiger partial charge < -0.3 is 4.90 Å². The van der Waals surface area contributed by atoms with Gasteiger partial charge in [0.25, 0.3) is 0 Å². The minimum atomic E-state index is -4.24. The molecule has 0 aliphatic rings. The third-order valence-corrected chi connectivity index (χ3v) is 1.79. The van der Waals surface area contributed by atoms with Crippen molar-refractivity contribution in [2.45, 2.75) is 6.18 Å². The lowest BCUT2D eigenvalue weighted by Gasteiger charge is -2.09. The molecule has 1 N–H and O–H groups in total. The van der Waals surface area contributed by atoms with Gasteiger partial charge in [-0.25, -0.2) is 0 Å². The molecule has 0 radical (unpaired) electrons. The Morgan fingerprint density at radius 1 is 1.00 bits per heavy atom. The Balaban J connectivity index is 2.94. The standard InChI is InChI=1S/C9H10F3N/c1-13(2)8-5-3-7(4-6-8)9(10,11)12/h3-6H,1-2H3/p+1. The molecular formula is C9H11F3N+. The van der Waals surface area contributed by atoms with E-state index in [1.54, 1.807) is 0 Å². The average Bonchev–Trinajstić information content (AvgIpc) is 2.03. The monoisotopic (exact) mass is 190 g/mol. The van der Waals surface area contributed by atoms with Crippen LogP contribution in [0, 0.1) is 0 Å². The molecule has 1 aromatic rings. The fourth-order valence-corrected chi connectivity index (χ4v) is 0.993. The molecule has 1 rings (SSSR count). The van der Waals surface area contributed by atoms with Gasteiger partial charge >= 0.3 is 6.18 Å². The number of rotatable bonds is 1. The second-order valence-electron chi connectivity index (χ2n) is 3.08. The molecule has 1 aromatic carbocycles. The topological polar surface area (TPSA) is 4.44 Å². The van der Waals surface area contributed by atoms with E-state index < -0.39 is 11.7 Å². The van der Waals surface area contributed by atoms with E-state index in [0.29, 0.717) is 0 Å². The van der Waals surface area contributed by atoms with Crippen molar-refractivity contribution in [3.05, 3.63) is 29.8 Å². The lowest BCUT2D eigenvalue weighted by molar-refractivity contribution is -0.786. The molecule has 0 saturated heterocycles. The highest BCUT2D eigenvalue weighted by Gasteiger charge is 2.30. The Hall–Kier alpha value is -1.03. The maximum absolute atomic E-state index is 12.1. The van der Waals surface area contributed by atoms with Crippen molar-refractivity contribution in [3.63, 3.8) is 0 Å². The van der Waals surface area contributed by atoms with Gasteiger partial charge in [0, 0.05) is 0 Å². The normalized spacial score (nSPS) is 12.2. The van der Waals surface area contributed by atoms with E-state index in [-0.39, 0.29) is 0 Å². The predicted octanol–water partition coefficient (Wildman–Crippen LogP) is 1.48. The van der Waals surface area contributed by atoms with Crippen molar-refractivity contribution >= 4 is 5.69 Å². The van der Waals surface area contributed by atoms with Crippen LogP contribution in [0.5, 0.6) is 0 Å². The summed E-state index contributed by atoms with van der Waals surface area (Å²) >= 11 is 0. The second-order valence-corrected chi connectivity index (χ2v) is 3.08. The van der Waals surface area contributed by atoms with Gasteiger partial charge in [0.2, 0.25) is 0 Å². The molecule has 0 bridgehead atoms. The number of nitrogens with one attached hydrogen (secondary N) is 1. The molecule has 0 aliphatic carbocycles. The lowest BCUT2D eigenvalue weighted by Crippen LogP contribution is -3.00. The first kappa shape index (κ1) is 10.1. The zero-order valence-electron chi connectivity index (χ0n) is 7.44. The second kappa shape index (κ2) is 3.38. The fraction of sp³-hybridized carbons (Fsp3) is 0.333. The van der Waals surface area contributed by atoms with Crippen molar-refractivity contribution < 1.29 is 18.1 Å². The van der Waals surface area contributed by atoms with Crippen LogP contribution in [-0.2, 0) is 6.18 Å². The van der Waals surface area contributed by atoms with Crippen LogP contribution in [0.2, 0.25) is 0 Å². The van der Waals surface area contributed by atoms with Gasteiger partial charge in [-0.05, 0) is 24.3 Å². The first-order valence-corrected chi connectivity index (χ1v) is 3.89. The summed E-state index contributed by atoms with van der Waals surface area (Å²) in [6.07, 6.45) is -4.24. The Morgan fingerprint density at radius 3 is 1.77 bits per heavy atom. The molecule has 0 aliphatic heterocycles. The van der Waals surface area contributed by atoms with Gasteiger partial charge in [-0.1, -0.05) is 0 Å². The summed E-state index contributed by atoms with van der Waals surface area (Å²) in [5.41, 5.74) is 0.241. The van der Waals surface area contributed by atoms with Crippen molar-refractivity contribution in [2.24, 2.45) is 0 Å². The van der Waals surface area contributed by atoms with Gasteiger partial charge in [0.05, 0.1) is 19.7 Å². The van der Waals surface area contributed by atoms with Crippen molar-refractivity contribution in [1.29, 1.82) is 0 Å². The van der Waals surface area contributed by atoms with Crippen LogP contribution in [0.1, 0.15) is 5.56 Å². The maximum atomic E-state index is 12.1. The molecule has 72 valence electrons. The third-order valence-electron chi connectivity index (χ3n) is 1.79. The molecule has 0 fully saturated rings. The van der Waals surface area contributed by atoms with Crippen LogP contribution >= 0.6 is 0 Å². The molecule has 0 aromatic heterocycles. The van der Waals surface area contributed by atoms with Gasteiger partial charge in [0.1, 0.15) is 5.69 Å². The van der Waals surface area contributed by atoms with Crippen molar-refractivity contribution in [3.8, 4) is 0 Å². The van der Waals surface area contributed by atoms with E-state index in [0.717, 1.165) is 22.7 Å². The number of quaternary nitrogens is 1. The highest BCUT2D eigenvalue weighted by molar-refractivity contribution is 5.33. The Kier molecular flexibility index (Phi) is 2.61. The molecule has 0 atom stereocenters. The largest absolute Gasteiger partial charge is 0.416 e. The Morgan fingerprint density at radius 2 is 1.46 bits per heavy atom. The van der Waals surface area contributed by atoms with Gasteiger partial charge in [0.15, 0.2) is 0 Å². The zero-order chi connectivity index (χ0) is 10.1. The number of hydrogen-bond acceptors (Lipinski definition) is 0. The molecule has 0 saturated carbocycles. The van der Waals surface area contributed by atoms with Crippen LogP contribution in [0.15, 0.2) is 24.3 Å². The summed E-state index contributed by atoms with van der Waals surface area (Å²) in [5.74, 6) is 0. The van der Waals surface area contributed by atoms with Crippen LogP contribution < -0.4 is 4.90 Å². The fourth-order valence-electron chi connectivity index (χ4n) is 0.993. The van der Waals surface area contributed by atoms with E-state index in [1.165, 1.54) is 12.1 Å². The molecular weight excluding hydrogens is 179 g/mol. The number of benzene rings is 1. The first-order chi connectivity index (χ1) is 5.91. The van der Waals surface area contributed by atoms with E-state index in [2.05, 4.69) is 0 Å². The molecule has 1 nitrogen and oxygen atoms in total. The zero-order valence-corrected chi connectivity index (χ0v) is 7.44. The van der Waals surface area contributed by atoms with E-state index in [1.807, 2.05) is 14.1 Å². The lowest BCUT2D eigenvalue weighted by atomic mass is 10.2. The summed E-state index contributed by atoms with van der Waals surface area (Å²) in [7, 11) is 3.73. The molecule has 0 spiro atoms.